The number of halogens is 3. The summed E-state index contributed by atoms with van der Waals surface area (Å²) in [5.41, 5.74) is -1.12. The van der Waals surface area contributed by atoms with E-state index in [0.717, 1.165) is 59.3 Å². The number of nitrogens with zero attached hydrogens (tertiary/aromatic N) is 2. The van der Waals surface area contributed by atoms with E-state index < -0.39 is 23.3 Å². The molecule has 0 spiro atoms. The molecule has 1 heterocycles. The molecule has 2 rings (SSSR count). The smallest absolute Gasteiger partial charge is 0.295 e. The van der Waals surface area contributed by atoms with E-state index in [0.29, 0.717) is 0 Å². The Morgan fingerprint density at radius 1 is 0.862 bits per heavy atom. The van der Waals surface area contributed by atoms with E-state index in [1.165, 1.54) is 13.8 Å². The molecule has 0 aliphatic carbocycles. The Morgan fingerprint density at radius 2 is 1.38 bits per heavy atom. The number of benzene rings is 1. The summed E-state index contributed by atoms with van der Waals surface area (Å²) in [6, 6.07) is 4.96. The maximum Gasteiger partial charge on any atom is 0.416 e. The van der Waals surface area contributed by atoms with Crippen molar-refractivity contribution in [3.63, 3.8) is 0 Å². The summed E-state index contributed by atoms with van der Waals surface area (Å²) in [6.07, 6.45) is -0.550. The highest BCUT2D eigenvalue weighted by Gasteiger charge is 2.30. The summed E-state index contributed by atoms with van der Waals surface area (Å²) in [5, 5.41) is 3.98. The van der Waals surface area contributed by atoms with Gasteiger partial charge < -0.3 is 0 Å². The van der Waals surface area contributed by atoms with Crippen molar-refractivity contribution in [2.45, 2.75) is 20.0 Å². The summed E-state index contributed by atoms with van der Waals surface area (Å²) in [6.45, 7) is 2.48. The molecule has 0 saturated heterocycles. The van der Waals surface area contributed by atoms with Crippen LogP contribution in [0.4, 0.5) is 13.2 Å². The number of carbonyl (C=O) groups excluding carboxylic acids is 4. The molecule has 0 unspecified atom stereocenters. The summed E-state index contributed by atoms with van der Waals surface area (Å²) in [4.78, 5) is 46.6. The van der Waals surface area contributed by atoms with Crippen molar-refractivity contribution in [2.75, 3.05) is 0 Å². The van der Waals surface area contributed by atoms with Crippen LogP contribution in [-0.4, -0.2) is 32.9 Å². The summed E-state index contributed by atoms with van der Waals surface area (Å²) >= 11 is 0. The second kappa shape index (κ2) is 8.59. The number of alkyl halides is 3. The highest BCUT2D eigenvalue weighted by molar-refractivity contribution is 6.10. The van der Waals surface area contributed by atoms with Gasteiger partial charge in [-0.1, -0.05) is 0 Å². The van der Waals surface area contributed by atoms with Crippen LogP contribution in [0.5, 0.6) is 0 Å². The fourth-order valence-electron chi connectivity index (χ4n) is 2.22. The van der Waals surface area contributed by atoms with Crippen LogP contribution in [0.15, 0.2) is 54.6 Å². The van der Waals surface area contributed by atoms with Crippen molar-refractivity contribution >= 4 is 23.1 Å². The Labute approximate surface area is 163 Å². The first-order valence-corrected chi connectivity index (χ1v) is 8.22. The minimum absolute atomic E-state index is 0.104. The predicted molar refractivity (Wildman–Crippen MR) is 96.9 cm³/mol. The molecule has 150 valence electrons. The van der Waals surface area contributed by atoms with Crippen molar-refractivity contribution in [2.24, 2.45) is 0 Å². The van der Waals surface area contributed by atoms with Crippen LogP contribution in [0.1, 0.15) is 40.4 Å². The van der Waals surface area contributed by atoms with E-state index in [1.54, 1.807) is 0 Å². The molecule has 2 aromatic rings. The second-order valence-corrected chi connectivity index (χ2v) is 5.99. The Kier molecular flexibility index (Phi) is 6.42. The van der Waals surface area contributed by atoms with Gasteiger partial charge in [-0.2, -0.15) is 18.3 Å². The predicted octanol–water partition coefficient (Wildman–Crippen LogP) is 3.55. The molecule has 0 saturated carbocycles. The highest BCUT2D eigenvalue weighted by atomic mass is 19.4. The van der Waals surface area contributed by atoms with E-state index in [-0.39, 0.29) is 28.6 Å². The standard InChI is InChI=1S/C20H15F3N2O4/c1-12(26)3-9-18(28)16-11-17(19(29)10-4-13(2)27)25(24-16)15-7-5-14(6-8-15)20(21,22)23/h3-11H,1-2H3/b9-3-,10-4-. The molecule has 0 amide bonds. The molecule has 0 aliphatic heterocycles. The summed E-state index contributed by atoms with van der Waals surface area (Å²) < 4.78 is 39.3. The summed E-state index contributed by atoms with van der Waals surface area (Å²) in [7, 11) is 0. The number of carbonyl (C=O) groups is 4. The number of rotatable bonds is 7. The quantitative estimate of drug-likeness (QED) is 0.520. The van der Waals surface area contributed by atoms with Crippen LogP contribution in [0.25, 0.3) is 5.69 Å². The van der Waals surface area contributed by atoms with Gasteiger partial charge in [0.2, 0.25) is 11.6 Å². The van der Waals surface area contributed by atoms with Crippen LogP contribution in [0, 0.1) is 0 Å². The zero-order chi connectivity index (χ0) is 21.8. The molecule has 6 nitrogen and oxygen atoms in total. The van der Waals surface area contributed by atoms with Crippen molar-refractivity contribution in [3.8, 4) is 5.69 Å². The third-order valence-electron chi connectivity index (χ3n) is 3.59. The average Bonchev–Trinajstić information content (AvgIpc) is 3.09. The maximum absolute atomic E-state index is 12.8. The van der Waals surface area contributed by atoms with Gasteiger partial charge in [-0.15, -0.1) is 0 Å². The van der Waals surface area contributed by atoms with Gasteiger partial charge in [0, 0.05) is 0 Å². The monoisotopic (exact) mass is 404 g/mol. The molecular weight excluding hydrogens is 389 g/mol. The third-order valence-corrected chi connectivity index (χ3v) is 3.59. The first kappa shape index (κ1) is 21.7. The molecule has 0 radical (unpaired) electrons. The minimum atomic E-state index is -4.54. The van der Waals surface area contributed by atoms with Gasteiger partial charge in [-0.05, 0) is 68.5 Å². The van der Waals surface area contributed by atoms with Gasteiger partial charge in [-0.25, -0.2) is 4.68 Å². The lowest BCUT2D eigenvalue weighted by atomic mass is 10.1. The van der Waals surface area contributed by atoms with Crippen LogP contribution >= 0.6 is 0 Å². The molecule has 0 bridgehead atoms. The van der Waals surface area contributed by atoms with E-state index in [9.17, 15) is 32.3 Å². The first-order chi connectivity index (χ1) is 13.5. The lowest BCUT2D eigenvalue weighted by Gasteiger charge is -2.09. The topological polar surface area (TPSA) is 86.1 Å². The van der Waals surface area contributed by atoms with Gasteiger partial charge in [-0.3, -0.25) is 19.2 Å². The van der Waals surface area contributed by atoms with Crippen molar-refractivity contribution in [1.82, 2.24) is 9.78 Å². The Balaban J connectivity index is 2.53. The van der Waals surface area contributed by atoms with Gasteiger partial charge in [0.25, 0.3) is 0 Å². The molecule has 0 atom stereocenters. The van der Waals surface area contributed by atoms with Gasteiger partial charge in [0.05, 0.1) is 11.3 Å². The molecule has 1 aromatic heterocycles. The average molecular weight is 404 g/mol. The van der Waals surface area contributed by atoms with Crippen molar-refractivity contribution in [1.29, 1.82) is 0 Å². The number of hydrogen-bond donors (Lipinski definition) is 0. The highest BCUT2D eigenvalue weighted by Crippen LogP contribution is 2.29. The zero-order valence-electron chi connectivity index (χ0n) is 15.4. The van der Waals surface area contributed by atoms with Gasteiger partial charge >= 0.3 is 6.18 Å². The summed E-state index contributed by atoms with van der Waals surface area (Å²) in [5.74, 6) is -2.11. The molecule has 0 fully saturated rings. The van der Waals surface area contributed by atoms with Crippen LogP contribution in [0.2, 0.25) is 0 Å². The van der Waals surface area contributed by atoms with Crippen LogP contribution in [-0.2, 0) is 15.8 Å². The largest absolute Gasteiger partial charge is 0.416 e. The molecule has 1 aromatic carbocycles. The van der Waals surface area contributed by atoms with Crippen molar-refractivity contribution < 1.29 is 32.3 Å². The Morgan fingerprint density at radius 3 is 1.86 bits per heavy atom. The van der Waals surface area contributed by atoms with Gasteiger partial charge in [0.15, 0.2) is 11.6 Å². The van der Waals surface area contributed by atoms with Gasteiger partial charge in [0.1, 0.15) is 11.4 Å². The van der Waals surface area contributed by atoms with Crippen LogP contribution in [0.3, 0.4) is 0 Å². The minimum Gasteiger partial charge on any atom is -0.295 e. The molecule has 9 heteroatoms. The molecule has 0 aliphatic rings. The fraction of sp³-hybridized carbons (Fsp3) is 0.150. The molecule has 0 N–H and O–H groups in total. The lowest BCUT2D eigenvalue weighted by molar-refractivity contribution is -0.137. The molecular formula is C20H15F3N2O4. The van der Waals surface area contributed by atoms with E-state index >= 15 is 0 Å². The fourth-order valence-corrected chi connectivity index (χ4v) is 2.22. The first-order valence-electron chi connectivity index (χ1n) is 8.22. The third kappa shape index (κ3) is 5.68. The van der Waals surface area contributed by atoms with Crippen molar-refractivity contribution in [3.05, 3.63) is 71.6 Å². The van der Waals surface area contributed by atoms with E-state index in [2.05, 4.69) is 5.10 Å². The van der Waals surface area contributed by atoms with Crippen LogP contribution < -0.4 is 0 Å². The lowest BCUT2D eigenvalue weighted by Crippen LogP contribution is -2.09. The second-order valence-electron chi connectivity index (χ2n) is 5.99. The Bertz CT molecular complexity index is 1030. The maximum atomic E-state index is 12.8. The number of hydrogen-bond acceptors (Lipinski definition) is 5. The SMILES string of the molecule is CC(=O)/C=C\C(=O)c1cc(C(=O)/C=C\C(C)=O)n(-c2ccc(C(F)(F)F)cc2)n1. The number of aromatic nitrogens is 2. The van der Waals surface area contributed by atoms with E-state index in [4.69, 9.17) is 0 Å². The number of allylic oxidation sites excluding steroid dienone is 4. The molecule has 29 heavy (non-hydrogen) atoms. The van der Waals surface area contributed by atoms with E-state index in [1.807, 2.05) is 0 Å². The Hall–Kier alpha value is -3.62. The zero-order valence-corrected chi connectivity index (χ0v) is 15.4. The normalized spacial score (nSPS) is 11.9. The number of ketones is 4.